The highest BCUT2D eigenvalue weighted by molar-refractivity contribution is 5.75. The van der Waals surface area contributed by atoms with Gasteiger partial charge in [-0.2, -0.15) is 0 Å². The summed E-state index contributed by atoms with van der Waals surface area (Å²) in [5.74, 6) is 0.818. The van der Waals surface area contributed by atoms with Gasteiger partial charge in [-0.1, -0.05) is 6.92 Å². The maximum absolute atomic E-state index is 11.0. The number of piperidine rings is 1. The van der Waals surface area contributed by atoms with Crippen molar-refractivity contribution in [3.8, 4) is 0 Å². The molecule has 88 valence electrons. The minimum absolute atomic E-state index is 0.129. The number of nitrogens with two attached hydrogens (primary N) is 1. The molecule has 1 aliphatic heterocycles. The molecular weight excluding hydrogens is 190 g/mol. The van der Waals surface area contributed by atoms with E-state index in [-0.39, 0.29) is 5.91 Å². The Morgan fingerprint density at radius 1 is 1.53 bits per heavy atom. The third-order valence-electron chi connectivity index (χ3n) is 2.92. The molecular formula is C11H23N3O. The third-order valence-corrected chi connectivity index (χ3v) is 2.92. The van der Waals surface area contributed by atoms with Gasteiger partial charge in [0.15, 0.2) is 0 Å². The van der Waals surface area contributed by atoms with Crippen LogP contribution in [0.15, 0.2) is 0 Å². The fourth-order valence-electron chi connectivity index (χ4n) is 2.28. The van der Waals surface area contributed by atoms with Crippen molar-refractivity contribution in [2.45, 2.75) is 32.2 Å². The van der Waals surface area contributed by atoms with E-state index in [1.54, 1.807) is 7.05 Å². The molecule has 0 aromatic heterocycles. The molecule has 4 nitrogen and oxygen atoms in total. The molecule has 0 spiro atoms. The van der Waals surface area contributed by atoms with E-state index in [4.69, 9.17) is 5.73 Å². The molecule has 0 radical (unpaired) electrons. The summed E-state index contributed by atoms with van der Waals surface area (Å²) >= 11 is 0. The van der Waals surface area contributed by atoms with Gasteiger partial charge in [0.1, 0.15) is 0 Å². The number of nitrogens with zero attached hydrogens (tertiary/aromatic N) is 1. The summed E-state index contributed by atoms with van der Waals surface area (Å²) in [6.45, 7) is 5.34. The predicted molar refractivity (Wildman–Crippen MR) is 61.5 cm³/mol. The molecule has 2 atom stereocenters. The molecule has 0 aromatic carbocycles. The Bertz CT molecular complexity index is 198. The van der Waals surface area contributed by atoms with Crippen molar-refractivity contribution in [1.82, 2.24) is 10.2 Å². The first kappa shape index (κ1) is 12.5. The largest absolute Gasteiger partial charge is 0.359 e. The summed E-state index contributed by atoms with van der Waals surface area (Å²) in [4.78, 5) is 13.4. The summed E-state index contributed by atoms with van der Waals surface area (Å²) in [5.41, 5.74) is 5.95. The minimum Gasteiger partial charge on any atom is -0.359 e. The molecule has 0 aliphatic carbocycles. The summed E-state index contributed by atoms with van der Waals surface area (Å²) in [5, 5.41) is 2.64. The average molecular weight is 213 g/mol. The van der Waals surface area contributed by atoms with Gasteiger partial charge in [0, 0.05) is 32.6 Å². The molecule has 1 amide bonds. The zero-order valence-electron chi connectivity index (χ0n) is 9.83. The van der Waals surface area contributed by atoms with Gasteiger partial charge in [-0.25, -0.2) is 0 Å². The van der Waals surface area contributed by atoms with E-state index in [0.29, 0.717) is 18.4 Å². The number of carbonyl (C=O) groups is 1. The fraction of sp³-hybridized carbons (Fsp3) is 0.909. The SMILES string of the molecule is CNC(=O)CCCN1CC(C)CC(N)C1. The molecule has 4 heteroatoms. The maximum atomic E-state index is 11.0. The highest BCUT2D eigenvalue weighted by Gasteiger charge is 2.21. The van der Waals surface area contributed by atoms with Gasteiger partial charge in [-0.15, -0.1) is 0 Å². The quantitative estimate of drug-likeness (QED) is 0.700. The van der Waals surface area contributed by atoms with Crippen LogP contribution in [-0.2, 0) is 4.79 Å². The van der Waals surface area contributed by atoms with Crippen molar-refractivity contribution >= 4 is 5.91 Å². The van der Waals surface area contributed by atoms with E-state index in [1.807, 2.05) is 0 Å². The number of nitrogens with one attached hydrogen (secondary N) is 1. The second kappa shape index (κ2) is 6.08. The smallest absolute Gasteiger partial charge is 0.219 e. The van der Waals surface area contributed by atoms with E-state index < -0.39 is 0 Å². The van der Waals surface area contributed by atoms with E-state index in [0.717, 1.165) is 32.5 Å². The molecule has 1 aliphatic rings. The second-order valence-electron chi connectivity index (χ2n) is 4.64. The molecule has 0 saturated carbocycles. The van der Waals surface area contributed by atoms with Crippen LogP contribution >= 0.6 is 0 Å². The Hall–Kier alpha value is -0.610. The van der Waals surface area contributed by atoms with Gasteiger partial charge < -0.3 is 16.0 Å². The molecule has 1 fully saturated rings. The highest BCUT2D eigenvalue weighted by Crippen LogP contribution is 2.15. The Morgan fingerprint density at radius 2 is 2.27 bits per heavy atom. The lowest BCUT2D eigenvalue weighted by Gasteiger charge is -2.34. The number of hydrogen-bond donors (Lipinski definition) is 2. The van der Waals surface area contributed by atoms with E-state index in [1.165, 1.54) is 0 Å². The topological polar surface area (TPSA) is 58.4 Å². The van der Waals surface area contributed by atoms with Gasteiger partial charge in [0.2, 0.25) is 5.91 Å². The first-order valence-corrected chi connectivity index (χ1v) is 5.80. The molecule has 1 heterocycles. The van der Waals surface area contributed by atoms with Crippen molar-refractivity contribution in [3.05, 3.63) is 0 Å². The van der Waals surface area contributed by atoms with Gasteiger partial charge in [0.05, 0.1) is 0 Å². The maximum Gasteiger partial charge on any atom is 0.219 e. The van der Waals surface area contributed by atoms with Crippen LogP contribution in [0.1, 0.15) is 26.2 Å². The van der Waals surface area contributed by atoms with Gasteiger partial charge in [0.25, 0.3) is 0 Å². The fourth-order valence-corrected chi connectivity index (χ4v) is 2.28. The van der Waals surface area contributed by atoms with Crippen molar-refractivity contribution < 1.29 is 4.79 Å². The van der Waals surface area contributed by atoms with Gasteiger partial charge in [-0.05, 0) is 25.3 Å². The minimum atomic E-state index is 0.129. The highest BCUT2D eigenvalue weighted by atomic mass is 16.1. The zero-order chi connectivity index (χ0) is 11.3. The van der Waals surface area contributed by atoms with Crippen molar-refractivity contribution in [2.75, 3.05) is 26.7 Å². The average Bonchev–Trinajstić information content (AvgIpc) is 2.16. The van der Waals surface area contributed by atoms with Crippen LogP contribution in [-0.4, -0.2) is 43.5 Å². The van der Waals surface area contributed by atoms with Crippen LogP contribution < -0.4 is 11.1 Å². The number of likely N-dealkylation sites (tertiary alicyclic amines) is 1. The number of rotatable bonds is 4. The van der Waals surface area contributed by atoms with E-state index in [2.05, 4.69) is 17.1 Å². The first-order chi connectivity index (χ1) is 7.11. The van der Waals surface area contributed by atoms with Crippen molar-refractivity contribution in [1.29, 1.82) is 0 Å². The van der Waals surface area contributed by atoms with E-state index >= 15 is 0 Å². The molecule has 1 rings (SSSR count). The summed E-state index contributed by atoms with van der Waals surface area (Å²) in [6.07, 6.45) is 2.68. The lowest BCUT2D eigenvalue weighted by molar-refractivity contribution is -0.120. The third kappa shape index (κ3) is 4.62. The van der Waals surface area contributed by atoms with Gasteiger partial charge in [-0.3, -0.25) is 4.79 Å². The molecule has 1 saturated heterocycles. The Labute approximate surface area is 92.2 Å². The Balaban J connectivity index is 2.17. The normalized spacial score (nSPS) is 27.7. The molecule has 0 bridgehead atoms. The Morgan fingerprint density at radius 3 is 2.87 bits per heavy atom. The number of amides is 1. The summed E-state index contributed by atoms with van der Waals surface area (Å²) < 4.78 is 0. The van der Waals surface area contributed by atoms with Gasteiger partial charge >= 0.3 is 0 Å². The summed E-state index contributed by atoms with van der Waals surface area (Å²) in [6, 6.07) is 0.314. The van der Waals surface area contributed by atoms with Crippen LogP contribution in [0.3, 0.4) is 0 Å². The van der Waals surface area contributed by atoms with Crippen molar-refractivity contribution in [3.63, 3.8) is 0 Å². The van der Waals surface area contributed by atoms with Crippen molar-refractivity contribution in [2.24, 2.45) is 11.7 Å². The van der Waals surface area contributed by atoms with Crippen LogP contribution in [0.5, 0.6) is 0 Å². The van der Waals surface area contributed by atoms with Crippen LogP contribution in [0, 0.1) is 5.92 Å². The lowest BCUT2D eigenvalue weighted by atomic mass is 9.96. The first-order valence-electron chi connectivity index (χ1n) is 5.80. The predicted octanol–water partition coefficient (Wildman–Crippen LogP) is 0.182. The van der Waals surface area contributed by atoms with Crippen LogP contribution in [0.25, 0.3) is 0 Å². The van der Waals surface area contributed by atoms with E-state index in [9.17, 15) is 4.79 Å². The van der Waals surface area contributed by atoms with Crippen LogP contribution in [0.2, 0.25) is 0 Å². The number of carbonyl (C=O) groups excluding carboxylic acids is 1. The second-order valence-corrected chi connectivity index (χ2v) is 4.64. The lowest BCUT2D eigenvalue weighted by Crippen LogP contribution is -2.46. The molecule has 0 aromatic rings. The number of hydrogen-bond acceptors (Lipinski definition) is 3. The van der Waals surface area contributed by atoms with Crippen LogP contribution in [0.4, 0.5) is 0 Å². The zero-order valence-corrected chi connectivity index (χ0v) is 9.83. The standard InChI is InChI=1S/C11H23N3O/c1-9-6-10(12)8-14(7-9)5-3-4-11(15)13-2/h9-10H,3-8,12H2,1-2H3,(H,13,15). The Kier molecular flexibility index (Phi) is 5.05. The monoisotopic (exact) mass is 213 g/mol. The summed E-state index contributed by atoms with van der Waals surface area (Å²) in [7, 11) is 1.68. The molecule has 2 unspecified atom stereocenters. The molecule has 15 heavy (non-hydrogen) atoms. The molecule has 3 N–H and O–H groups in total.